The quantitative estimate of drug-likeness (QED) is 0.779. The number of rotatable bonds is 5. The molecule has 0 radical (unpaired) electrons. The Morgan fingerprint density at radius 1 is 1.32 bits per heavy atom. The molecule has 0 aliphatic carbocycles. The summed E-state index contributed by atoms with van der Waals surface area (Å²) in [6.45, 7) is 4.54. The standard InChI is InChI=1S/C14H16ClNO2S/c1-9-10(2)19-14(16-9)8-18-13-5-4-12(17-3)6-11(13)7-15/h4-6H,7-8H2,1-3H3. The normalized spacial score (nSPS) is 10.5. The van der Waals surface area contributed by atoms with E-state index in [1.54, 1.807) is 18.4 Å². The molecule has 0 fully saturated rings. The highest BCUT2D eigenvalue weighted by Crippen LogP contribution is 2.27. The van der Waals surface area contributed by atoms with Gasteiger partial charge < -0.3 is 9.47 Å². The van der Waals surface area contributed by atoms with Crippen LogP contribution in [-0.4, -0.2) is 12.1 Å². The molecule has 0 aliphatic heterocycles. The monoisotopic (exact) mass is 297 g/mol. The summed E-state index contributed by atoms with van der Waals surface area (Å²) in [4.78, 5) is 5.68. The fourth-order valence-corrected chi connectivity index (χ4v) is 2.72. The number of halogens is 1. The topological polar surface area (TPSA) is 31.4 Å². The molecule has 2 rings (SSSR count). The Hall–Kier alpha value is -1.26. The first kappa shape index (κ1) is 14.2. The first-order valence-corrected chi connectivity index (χ1v) is 7.27. The van der Waals surface area contributed by atoms with Crippen molar-refractivity contribution in [2.75, 3.05) is 7.11 Å². The maximum atomic E-state index is 5.92. The third kappa shape index (κ3) is 3.39. The smallest absolute Gasteiger partial charge is 0.140 e. The molecule has 0 unspecified atom stereocenters. The number of alkyl halides is 1. The van der Waals surface area contributed by atoms with E-state index in [0.29, 0.717) is 12.5 Å². The van der Waals surface area contributed by atoms with Crippen LogP contribution in [0.3, 0.4) is 0 Å². The Labute approximate surface area is 122 Å². The second kappa shape index (κ2) is 6.26. The SMILES string of the molecule is COc1ccc(OCc2nc(C)c(C)s2)c(CCl)c1. The molecule has 1 aromatic heterocycles. The van der Waals surface area contributed by atoms with Crippen molar-refractivity contribution in [3.63, 3.8) is 0 Å². The molecule has 0 saturated heterocycles. The molecule has 0 bridgehead atoms. The average Bonchev–Trinajstić information content (AvgIpc) is 2.75. The molecule has 0 saturated carbocycles. The third-order valence-corrected chi connectivity index (χ3v) is 4.17. The van der Waals surface area contributed by atoms with Gasteiger partial charge in [-0.25, -0.2) is 4.98 Å². The number of hydrogen-bond acceptors (Lipinski definition) is 4. The van der Waals surface area contributed by atoms with Crippen molar-refractivity contribution >= 4 is 22.9 Å². The third-order valence-electron chi connectivity index (χ3n) is 2.84. The summed E-state index contributed by atoms with van der Waals surface area (Å²) in [5, 5.41) is 0.978. The summed E-state index contributed by atoms with van der Waals surface area (Å²) in [5.74, 6) is 1.95. The van der Waals surface area contributed by atoms with Gasteiger partial charge in [0.15, 0.2) is 0 Å². The maximum absolute atomic E-state index is 5.92. The minimum atomic E-state index is 0.391. The second-order valence-electron chi connectivity index (χ2n) is 4.15. The Bertz CT molecular complexity index is 549. The van der Waals surface area contributed by atoms with E-state index >= 15 is 0 Å². The number of hydrogen-bond donors (Lipinski definition) is 0. The van der Waals surface area contributed by atoms with Gasteiger partial charge in [0.1, 0.15) is 23.1 Å². The molecule has 19 heavy (non-hydrogen) atoms. The van der Waals surface area contributed by atoms with Crippen LogP contribution >= 0.6 is 22.9 Å². The summed E-state index contributed by atoms with van der Waals surface area (Å²) in [6, 6.07) is 5.63. The lowest BCUT2D eigenvalue weighted by molar-refractivity contribution is 0.302. The number of methoxy groups -OCH3 is 1. The first-order valence-electron chi connectivity index (χ1n) is 5.92. The van der Waals surface area contributed by atoms with E-state index in [9.17, 15) is 0 Å². The molecule has 0 aliphatic rings. The predicted molar refractivity (Wildman–Crippen MR) is 78.5 cm³/mol. The Kier molecular flexibility index (Phi) is 4.66. The van der Waals surface area contributed by atoms with Crippen molar-refractivity contribution in [1.82, 2.24) is 4.98 Å². The molecule has 1 heterocycles. The number of aromatic nitrogens is 1. The van der Waals surface area contributed by atoms with Gasteiger partial charge in [-0.15, -0.1) is 22.9 Å². The van der Waals surface area contributed by atoms with Crippen LogP contribution in [0.15, 0.2) is 18.2 Å². The molecule has 0 spiro atoms. The van der Waals surface area contributed by atoms with Crippen molar-refractivity contribution in [2.24, 2.45) is 0 Å². The zero-order valence-corrected chi connectivity index (χ0v) is 12.8. The van der Waals surface area contributed by atoms with Gasteiger partial charge in [0.05, 0.1) is 18.7 Å². The van der Waals surface area contributed by atoms with Gasteiger partial charge in [-0.3, -0.25) is 0 Å². The molecule has 102 valence electrons. The number of nitrogens with zero attached hydrogens (tertiary/aromatic N) is 1. The fraction of sp³-hybridized carbons (Fsp3) is 0.357. The molecule has 0 atom stereocenters. The van der Waals surface area contributed by atoms with Crippen molar-refractivity contribution in [3.8, 4) is 11.5 Å². The highest BCUT2D eigenvalue weighted by atomic mass is 35.5. The first-order chi connectivity index (χ1) is 9.13. The summed E-state index contributed by atoms with van der Waals surface area (Å²) < 4.78 is 11.0. The Morgan fingerprint density at radius 2 is 2.11 bits per heavy atom. The molecular formula is C14H16ClNO2S. The molecule has 0 amide bonds. The van der Waals surface area contributed by atoms with Crippen LogP contribution in [0.1, 0.15) is 21.1 Å². The summed E-state index contributed by atoms with van der Waals surface area (Å²) in [7, 11) is 1.63. The molecule has 2 aromatic rings. The second-order valence-corrected chi connectivity index (χ2v) is 5.70. The number of ether oxygens (including phenoxy) is 2. The van der Waals surface area contributed by atoms with Gasteiger partial charge in [-0.2, -0.15) is 0 Å². The largest absolute Gasteiger partial charge is 0.497 e. The highest BCUT2D eigenvalue weighted by Gasteiger charge is 2.08. The van der Waals surface area contributed by atoms with Crippen LogP contribution in [-0.2, 0) is 12.5 Å². The number of benzene rings is 1. The van der Waals surface area contributed by atoms with Crippen LogP contribution in [0, 0.1) is 13.8 Å². The molecular weight excluding hydrogens is 282 g/mol. The van der Waals surface area contributed by atoms with E-state index in [2.05, 4.69) is 11.9 Å². The summed E-state index contributed by atoms with van der Waals surface area (Å²) in [5.41, 5.74) is 1.99. The van der Waals surface area contributed by atoms with E-state index in [1.165, 1.54) is 4.88 Å². The Morgan fingerprint density at radius 3 is 2.68 bits per heavy atom. The lowest BCUT2D eigenvalue weighted by Crippen LogP contribution is -1.98. The lowest BCUT2D eigenvalue weighted by atomic mass is 10.2. The van der Waals surface area contributed by atoms with Gasteiger partial charge in [-0.05, 0) is 32.0 Å². The fourth-order valence-electron chi connectivity index (χ4n) is 1.67. The van der Waals surface area contributed by atoms with Gasteiger partial charge >= 0.3 is 0 Å². The van der Waals surface area contributed by atoms with Crippen LogP contribution < -0.4 is 9.47 Å². The predicted octanol–water partition coefficient (Wildman–Crippen LogP) is 4.09. The Balaban J connectivity index is 2.10. The van der Waals surface area contributed by atoms with Crippen molar-refractivity contribution < 1.29 is 9.47 Å². The van der Waals surface area contributed by atoms with Crippen molar-refractivity contribution in [3.05, 3.63) is 39.3 Å². The van der Waals surface area contributed by atoms with E-state index in [1.807, 2.05) is 25.1 Å². The summed E-state index contributed by atoms with van der Waals surface area (Å²) >= 11 is 7.58. The molecule has 5 heteroatoms. The van der Waals surface area contributed by atoms with Crippen molar-refractivity contribution in [2.45, 2.75) is 26.3 Å². The zero-order chi connectivity index (χ0) is 13.8. The average molecular weight is 298 g/mol. The molecule has 0 N–H and O–H groups in total. The van der Waals surface area contributed by atoms with Gasteiger partial charge in [-0.1, -0.05) is 0 Å². The van der Waals surface area contributed by atoms with E-state index in [0.717, 1.165) is 27.8 Å². The number of thiazole rings is 1. The maximum Gasteiger partial charge on any atom is 0.140 e. The lowest BCUT2D eigenvalue weighted by Gasteiger charge is -2.10. The minimum absolute atomic E-state index is 0.391. The van der Waals surface area contributed by atoms with Crippen LogP contribution in [0.25, 0.3) is 0 Å². The van der Waals surface area contributed by atoms with Crippen molar-refractivity contribution in [1.29, 1.82) is 0 Å². The summed E-state index contributed by atoms with van der Waals surface area (Å²) in [6.07, 6.45) is 0. The van der Waals surface area contributed by atoms with E-state index in [4.69, 9.17) is 21.1 Å². The van der Waals surface area contributed by atoms with Gasteiger partial charge in [0.2, 0.25) is 0 Å². The number of aryl methyl sites for hydroxylation is 2. The zero-order valence-electron chi connectivity index (χ0n) is 11.2. The van der Waals surface area contributed by atoms with E-state index in [-0.39, 0.29) is 0 Å². The molecule has 3 nitrogen and oxygen atoms in total. The van der Waals surface area contributed by atoms with Gasteiger partial charge in [0.25, 0.3) is 0 Å². The highest BCUT2D eigenvalue weighted by molar-refractivity contribution is 7.11. The van der Waals surface area contributed by atoms with Crippen LogP contribution in [0.5, 0.6) is 11.5 Å². The van der Waals surface area contributed by atoms with Crippen LogP contribution in [0.4, 0.5) is 0 Å². The minimum Gasteiger partial charge on any atom is -0.497 e. The van der Waals surface area contributed by atoms with Gasteiger partial charge in [0, 0.05) is 10.4 Å². The van der Waals surface area contributed by atoms with Crippen LogP contribution in [0.2, 0.25) is 0 Å². The van der Waals surface area contributed by atoms with E-state index < -0.39 is 0 Å². The molecule has 1 aromatic carbocycles.